The number of nitrogens with one attached hydrogen (secondary N) is 2. The molecular weight excluding hydrogens is 769 g/mol. The molecule has 58 heavy (non-hydrogen) atoms. The van der Waals surface area contributed by atoms with Crippen molar-refractivity contribution in [1.29, 1.82) is 0 Å². The molecule has 14 nitrogen and oxygen atoms in total. The standard InChI is InChI=1S/C39H40F5N9O5/c1-50-33-24(5-3-7-27(33)53(37(50)57)28-13-14-31(54)48-35(28)56)25-15-16-51(20-38(25,40)41)18-21-9-11-23(12-10-21)52-19-22-17-30(47-36(58-2)32(22)49-52)46-34(55)26-6-4-8-29(45-26)39(42,43)44/h3-8,17,19,21,23,25,28H,9-16,18,20H2,1-2H3,(H,46,55)(H,48,54,56). The Morgan fingerprint density at radius 3 is 2.48 bits per heavy atom. The predicted octanol–water partition coefficient (Wildman–Crippen LogP) is 5.59. The number of para-hydroxylation sites is 1. The zero-order valence-corrected chi connectivity index (χ0v) is 31.6. The summed E-state index contributed by atoms with van der Waals surface area (Å²) >= 11 is 0. The lowest BCUT2D eigenvalue weighted by atomic mass is 9.83. The predicted molar refractivity (Wildman–Crippen MR) is 200 cm³/mol. The van der Waals surface area contributed by atoms with Gasteiger partial charge in [-0.15, -0.1) is 0 Å². The Kier molecular flexibility index (Phi) is 10.0. The largest absolute Gasteiger partial charge is 0.479 e. The monoisotopic (exact) mass is 809 g/mol. The smallest absolute Gasteiger partial charge is 0.433 e. The number of carbonyl (C=O) groups is 3. The Labute approximate surface area is 327 Å². The molecule has 0 spiro atoms. The lowest BCUT2D eigenvalue weighted by molar-refractivity contribution is -0.141. The fourth-order valence-electron chi connectivity index (χ4n) is 8.80. The molecule has 4 aromatic heterocycles. The van der Waals surface area contributed by atoms with E-state index in [1.165, 1.54) is 29.4 Å². The van der Waals surface area contributed by atoms with Crippen LogP contribution in [0.5, 0.6) is 5.88 Å². The van der Waals surface area contributed by atoms with Crippen LogP contribution in [0.2, 0.25) is 0 Å². The fourth-order valence-corrected chi connectivity index (χ4v) is 8.80. The second-order valence-corrected chi connectivity index (χ2v) is 15.3. The van der Waals surface area contributed by atoms with Gasteiger partial charge in [0.1, 0.15) is 23.2 Å². The van der Waals surface area contributed by atoms with Gasteiger partial charge in [0.15, 0.2) is 5.52 Å². The molecule has 0 radical (unpaired) electrons. The van der Waals surface area contributed by atoms with Gasteiger partial charge < -0.3 is 10.1 Å². The van der Waals surface area contributed by atoms with Crippen molar-refractivity contribution in [1.82, 2.24) is 39.1 Å². The molecule has 3 fully saturated rings. The van der Waals surface area contributed by atoms with Gasteiger partial charge in [-0.1, -0.05) is 18.2 Å². The highest BCUT2D eigenvalue weighted by atomic mass is 19.4. The number of halogens is 5. The van der Waals surface area contributed by atoms with Gasteiger partial charge >= 0.3 is 11.9 Å². The number of carbonyl (C=O) groups excluding carboxylic acids is 3. The highest BCUT2D eigenvalue weighted by molar-refractivity contribution is 6.03. The number of anilines is 1. The van der Waals surface area contributed by atoms with Crippen molar-refractivity contribution >= 4 is 45.5 Å². The van der Waals surface area contributed by atoms with E-state index in [-0.39, 0.29) is 42.9 Å². The quantitative estimate of drug-likeness (QED) is 0.151. The lowest BCUT2D eigenvalue weighted by Crippen LogP contribution is -2.49. The van der Waals surface area contributed by atoms with E-state index in [1.54, 1.807) is 30.5 Å². The van der Waals surface area contributed by atoms with Crippen LogP contribution in [0, 0.1) is 5.92 Å². The molecule has 1 saturated carbocycles. The average Bonchev–Trinajstić information content (AvgIpc) is 3.72. The summed E-state index contributed by atoms with van der Waals surface area (Å²) in [6.07, 6.45) is 0.522. The van der Waals surface area contributed by atoms with E-state index in [0.29, 0.717) is 40.6 Å². The lowest BCUT2D eigenvalue weighted by Gasteiger charge is -2.41. The van der Waals surface area contributed by atoms with Crippen molar-refractivity contribution in [2.45, 2.75) is 75.0 Å². The molecule has 8 rings (SSSR count). The maximum Gasteiger partial charge on any atom is 0.433 e. The van der Waals surface area contributed by atoms with Crippen molar-refractivity contribution in [2.24, 2.45) is 13.0 Å². The molecule has 19 heteroatoms. The van der Waals surface area contributed by atoms with Crippen LogP contribution in [0.15, 0.2) is 53.5 Å². The molecule has 3 aliphatic rings. The highest BCUT2D eigenvalue weighted by Gasteiger charge is 2.47. The van der Waals surface area contributed by atoms with E-state index in [1.807, 2.05) is 9.58 Å². The van der Waals surface area contributed by atoms with Crippen LogP contribution in [0.4, 0.5) is 27.8 Å². The third kappa shape index (κ3) is 7.31. The number of fused-ring (bicyclic) bond motifs is 2. The molecule has 2 saturated heterocycles. The van der Waals surface area contributed by atoms with E-state index >= 15 is 8.78 Å². The van der Waals surface area contributed by atoms with Gasteiger partial charge in [-0.2, -0.15) is 23.3 Å². The number of nitrogens with zero attached hydrogens (tertiary/aromatic N) is 7. The fraction of sp³-hybridized carbons (Fsp3) is 0.462. The molecule has 2 unspecified atom stereocenters. The molecule has 1 aliphatic carbocycles. The van der Waals surface area contributed by atoms with Crippen LogP contribution in [-0.4, -0.2) is 84.2 Å². The summed E-state index contributed by atoms with van der Waals surface area (Å²) in [7, 11) is 2.91. The molecule has 3 amide bonds. The number of piperidine rings is 2. The summed E-state index contributed by atoms with van der Waals surface area (Å²) in [6, 6.07) is 8.60. The molecule has 1 aromatic carbocycles. The zero-order valence-electron chi connectivity index (χ0n) is 31.6. The molecule has 2 N–H and O–H groups in total. The first-order chi connectivity index (χ1) is 27.6. The van der Waals surface area contributed by atoms with Crippen molar-refractivity contribution < 1.29 is 41.1 Å². The molecule has 2 atom stereocenters. The maximum atomic E-state index is 16.1. The Bertz CT molecular complexity index is 2490. The highest BCUT2D eigenvalue weighted by Crippen LogP contribution is 2.44. The maximum absolute atomic E-state index is 16.1. The number of rotatable bonds is 8. The van der Waals surface area contributed by atoms with Crippen LogP contribution in [-0.2, 0) is 22.8 Å². The van der Waals surface area contributed by atoms with Crippen molar-refractivity contribution in [3.63, 3.8) is 0 Å². The molecule has 0 bridgehead atoms. The average molecular weight is 810 g/mol. The number of aromatic nitrogens is 6. The first-order valence-corrected chi connectivity index (χ1v) is 19.0. The minimum atomic E-state index is -4.71. The number of likely N-dealkylation sites (tertiary alicyclic amines) is 1. The number of hydrogen-bond acceptors (Lipinski definition) is 9. The number of imidazole rings is 1. The van der Waals surface area contributed by atoms with E-state index in [0.717, 1.165) is 37.8 Å². The van der Waals surface area contributed by atoms with E-state index in [9.17, 15) is 32.3 Å². The summed E-state index contributed by atoms with van der Waals surface area (Å²) in [5, 5.41) is 10.1. The van der Waals surface area contributed by atoms with Gasteiger partial charge in [0, 0.05) is 31.6 Å². The van der Waals surface area contributed by atoms with Gasteiger partial charge in [-0.3, -0.25) is 38.4 Å². The molecule has 306 valence electrons. The summed E-state index contributed by atoms with van der Waals surface area (Å²) in [5.41, 5.74) is -0.588. The summed E-state index contributed by atoms with van der Waals surface area (Å²) in [4.78, 5) is 60.2. The molecule has 6 heterocycles. The van der Waals surface area contributed by atoms with Gasteiger partial charge in [0.2, 0.25) is 17.7 Å². The third-order valence-electron chi connectivity index (χ3n) is 11.6. The second-order valence-electron chi connectivity index (χ2n) is 15.3. The van der Waals surface area contributed by atoms with E-state index in [4.69, 9.17) is 9.84 Å². The third-order valence-corrected chi connectivity index (χ3v) is 11.6. The normalized spacial score (nSPS) is 22.9. The van der Waals surface area contributed by atoms with E-state index < -0.39 is 65.4 Å². The first-order valence-electron chi connectivity index (χ1n) is 19.0. The number of methoxy groups -OCH3 is 1. The Morgan fingerprint density at radius 1 is 1.02 bits per heavy atom. The Hall–Kier alpha value is -5.72. The number of aryl methyl sites for hydroxylation is 1. The Morgan fingerprint density at radius 2 is 1.78 bits per heavy atom. The van der Waals surface area contributed by atoms with Gasteiger partial charge in [0.05, 0.1) is 36.6 Å². The van der Waals surface area contributed by atoms with Crippen LogP contribution in [0.1, 0.15) is 84.7 Å². The minimum absolute atomic E-state index is 0.00694. The minimum Gasteiger partial charge on any atom is -0.479 e. The van der Waals surface area contributed by atoms with Crippen LogP contribution in [0.25, 0.3) is 21.9 Å². The number of hydrogen-bond donors (Lipinski definition) is 2. The molecule has 5 aromatic rings. The molecule has 2 aliphatic heterocycles. The number of pyridine rings is 2. The second kappa shape index (κ2) is 14.9. The zero-order chi connectivity index (χ0) is 41.1. The number of imide groups is 1. The summed E-state index contributed by atoms with van der Waals surface area (Å²) < 4.78 is 81.6. The van der Waals surface area contributed by atoms with Gasteiger partial charge in [-0.25, -0.2) is 18.6 Å². The van der Waals surface area contributed by atoms with Crippen molar-refractivity contribution in [3.8, 4) is 5.88 Å². The Balaban J connectivity index is 0.910. The van der Waals surface area contributed by atoms with Crippen molar-refractivity contribution in [2.75, 3.05) is 32.1 Å². The number of benzene rings is 1. The van der Waals surface area contributed by atoms with Gasteiger partial charge in [-0.05, 0) is 80.8 Å². The van der Waals surface area contributed by atoms with Crippen molar-refractivity contribution in [3.05, 3.63) is 76.1 Å². The molecular formula is C39H40F5N9O5. The topological polar surface area (TPSA) is 158 Å². The van der Waals surface area contributed by atoms with Crippen LogP contribution < -0.4 is 21.1 Å². The first kappa shape index (κ1) is 39.1. The SMILES string of the molecule is COc1nc(NC(=O)c2cccc(C(F)(F)F)n2)cc2cn(C3CCC(CN4CCC(c5cccc6c5n(C)c(=O)n6C5CCC(=O)NC5=O)C(F)(F)C4)CC3)nc12. The van der Waals surface area contributed by atoms with Crippen LogP contribution >= 0.6 is 0 Å². The number of ether oxygens (including phenoxy) is 1. The van der Waals surface area contributed by atoms with Gasteiger partial charge in [0.25, 0.3) is 11.8 Å². The summed E-state index contributed by atoms with van der Waals surface area (Å²) in [6.45, 7) is 0.514. The number of amides is 3. The number of alkyl halides is 5. The van der Waals surface area contributed by atoms with Crippen LogP contribution in [0.3, 0.4) is 0 Å². The summed E-state index contributed by atoms with van der Waals surface area (Å²) in [5.74, 6) is -5.77. The van der Waals surface area contributed by atoms with E-state index in [2.05, 4.69) is 20.6 Å².